The molecule has 1 atom stereocenters. The molecule has 0 bridgehead atoms. The lowest BCUT2D eigenvalue weighted by Crippen LogP contribution is -2.28. The molecule has 2 aliphatic rings. The third kappa shape index (κ3) is 4.48. The van der Waals surface area contributed by atoms with E-state index in [9.17, 15) is 0 Å². The Balaban J connectivity index is 1.60. The van der Waals surface area contributed by atoms with E-state index in [-0.39, 0.29) is 6.10 Å². The molecule has 33 heavy (non-hydrogen) atoms. The van der Waals surface area contributed by atoms with Gasteiger partial charge in [-0.3, -0.25) is 4.99 Å². The number of ether oxygens (including phenoxy) is 4. The van der Waals surface area contributed by atoms with Crippen LogP contribution in [0, 0.1) is 0 Å². The van der Waals surface area contributed by atoms with Crippen LogP contribution in [-0.2, 0) is 24.3 Å². The Morgan fingerprint density at radius 1 is 1.03 bits per heavy atom. The quantitative estimate of drug-likeness (QED) is 0.540. The molecule has 1 fully saturated rings. The second kappa shape index (κ2) is 9.71. The van der Waals surface area contributed by atoms with Crippen LogP contribution in [0.5, 0.6) is 17.2 Å². The minimum atomic E-state index is 0.195. The van der Waals surface area contributed by atoms with Gasteiger partial charge in [0.15, 0.2) is 0 Å². The molecule has 2 aromatic carbocycles. The van der Waals surface area contributed by atoms with Gasteiger partial charge < -0.3 is 23.5 Å². The van der Waals surface area contributed by atoms with Crippen LogP contribution < -0.4 is 19.7 Å². The molecule has 2 aliphatic heterocycles. The minimum absolute atomic E-state index is 0.195. The van der Waals surface area contributed by atoms with Crippen molar-refractivity contribution in [3.05, 3.63) is 71.2 Å². The summed E-state index contributed by atoms with van der Waals surface area (Å²) in [6.07, 6.45) is 3.21. The largest absolute Gasteiger partial charge is 0.496 e. The Labute approximate surface area is 194 Å². The summed E-state index contributed by atoms with van der Waals surface area (Å²) in [4.78, 5) is 4.97. The van der Waals surface area contributed by atoms with Crippen LogP contribution in [0.3, 0.4) is 0 Å². The van der Waals surface area contributed by atoms with Crippen LogP contribution in [0.2, 0.25) is 0 Å². The molecule has 6 heteroatoms. The van der Waals surface area contributed by atoms with Crippen LogP contribution in [-0.4, -0.2) is 38.0 Å². The van der Waals surface area contributed by atoms with Crippen molar-refractivity contribution in [3.63, 3.8) is 0 Å². The van der Waals surface area contributed by atoms with Crippen LogP contribution >= 0.6 is 0 Å². The summed E-state index contributed by atoms with van der Waals surface area (Å²) in [6, 6.07) is 18.3. The van der Waals surface area contributed by atoms with E-state index < -0.39 is 0 Å². The van der Waals surface area contributed by atoms with Gasteiger partial charge in [-0.25, -0.2) is 0 Å². The van der Waals surface area contributed by atoms with E-state index in [1.807, 2.05) is 36.4 Å². The minimum Gasteiger partial charge on any atom is -0.496 e. The molecule has 3 heterocycles. The number of fused-ring (bicyclic) bond motifs is 3. The molecule has 1 saturated heterocycles. The number of benzene rings is 2. The van der Waals surface area contributed by atoms with Crippen molar-refractivity contribution in [1.29, 1.82) is 0 Å². The monoisotopic (exact) mass is 446 g/mol. The molecular formula is C27H30N2O4. The summed E-state index contributed by atoms with van der Waals surface area (Å²) in [6.45, 7) is 2.80. The fraction of sp³-hybridized carbons (Fsp3) is 0.370. The van der Waals surface area contributed by atoms with Gasteiger partial charge in [0.1, 0.15) is 29.3 Å². The second-order valence-corrected chi connectivity index (χ2v) is 8.41. The van der Waals surface area contributed by atoms with Crippen molar-refractivity contribution in [3.8, 4) is 28.5 Å². The van der Waals surface area contributed by atoms with Gasteiger partial charge in [0, 0.05) is 36.4 Å². The Hall–Kier alpha value is -3.25. The molecular weight excluding hydrogens is 416 g/mol. The van der Waals surface area contributed by atoms with Crippen molar-refractivity contribution in [2.24, 2.45) is 4.99 Å². The van der Waals surface area contributed by atoms with Crippen LogP contribution in [0.1, 0.15) is 24.0 Å². The first-order valence-corrected chi connectivity index (χ1v) is 11.5. The summed E-state index contributed by atoms with van der Waals surface area (Å²) in [7, 11) is 3.42. The molecule has 0 spiro atoms. The zero-order chi connectivity index (χ0) is 22.6. The fourth-order valence-corrected chi connectivity index (χ4v) is 4.69. The van der Waals surface area contributed by atoms with E-state index in [1.165, 1.54) is 0 Å². The summed E-state index contributed by atoms with van der Waals surface area (Å²) < 4.78 is 25.7. The van der Waals surface area contributed by atoms with Gasteiger partial charge in [0.2, 0.25) is 0 Å². The third-order valence-electron chi connectivity index (χ3n) is 6.36. The van der Waals surface area contributed by atoms with E-state index in [4.69, 9.17) is 23.9 Å². The Bertz CT molecular complexity index is 1180. The van der Waals surface area contributed by atoms with Crippen molar-refractivity contribution in [2.45, 2.75) is 38.5 Å². The number of hydrogen-bond donors (Lipinski definition) is 0. The van der Waals surface area contributed by atoms with Gasteiger partial charge in [0.25, 0.3) is 0 Å². The highest BCUT2D eigenvalue weighted by atomic mass is 16.5. The van der Waals surface area contributed by atoms with E-state index in [2.05, 4.69) is 22.8 Å². The topological polar surface area (TPSA) is 54.2 Å². The number of aromatic nitrogens is 1. The highest BCUT2D eigenvalue weighted by Crippen LogP contribution is 2.42. The highest BCUT2D eigenvalue weighted by Gasteiger charge is 2.25. The average molecular weight is 447 g/mol. The van der Waals surface area contributed by atoms with Crippen LogP contribution in [0.25, 0.3) is 11.3 Å². The number of methoxy groups -OCH3 is 2. The lowest BCUT2D eigenvalue weighted by Gasteiger charge is -2.27. The summed E-state index contributed by atoms with van der Waals surface area (Å²) in [5.41, 5.74) is 5.26. The van der Waals surface area contributed by atoms with Crippen LogP contribution in [0.15, 0.2) is 59.6 Å². The van der Waals surface area contributed by atoms with Crippen molar-refractivity contribution in [1.82, 2.24) is 4.57 Å². The highest BCUT2D eigenvalue weighted by molar-refractivity contribution is 5.76. The molecule has 0 aliphatic carbocycles. The Morgan fingerprint density at radius 3 is 2.61 bits per heavy atom. The molecule has 0 N–H and O–H groups in total. The van der Waals surface area contributed by atoms with Crippen molar-refractivity contribution in [2.75, 3.05) is 27.4 Å². The summed E-state index contributed by atoms with van der Waals surface area (Å²) >= 11 is 0. The number of nitrogens with zero attached hydrogens (tertiary/aromatic N) is 2. The van der Waals surface area contributed by atoms with E-state index in [0.29, 0.717) is 13.2 Å². The molecule has 0 saturated carbocycles. The molecule has 0 radical (unpaired) electrons. The van der Waals surface area contributed by atoms with Crippen molar-refractivity contribution >= 4 is 0 Å². The molecule has 3 aromatic rings. The normalized spacial score (nSPS) is 17.4. The van der Waals surface area contributed by atoms with Gasteiger partial charge in [-0.1, -0.05) is 30.3 Å². The maximum Gasteiger partial charge on any atom is 0.131 e. The fourth-order valence-electron chi connectivity index (χ4n) is 4.69. The van der Waals surface area contributed by atoms with E-state index in [0.717, 1.165) is 77.5 Å². The second-order valence-electron chi connectivity index (χ2n) is 8.41. The zero-order valence-corrected chi connectivity index (χ0v) is 19.3. The number of rotatable bonds is 7. The van der Waals surface area contributed by atoms with Crippen molar-refractivity contribution < 1.29 is 18.9 Å². The molecule has 0 amide bonds. The summed E-state index contributed by atoms with van der Waals surface area (Å²) in [5, 5.41) is 0. The van der Waals surface area contributed by atoms with Gasteiger partial charge in [-0.15, -0.1) is 0 Å². The Morgan fingerprint density at radius 2 is 1.85 bits per heavy atom. The Kier molecular flexibility index (Phi) is 6.35. The molecule has 1 aromatic heterocycles. The predicted molar refractivity (Wildman–Crippen MR) is 127 cm³/mol. The van der Waals surface area contributed by atoms with E-state index in [1.54, 1.807) is 14.2 Å². The molecule has 5 rings (SSSR count). The van der Waals surface area contributed by atoms with E-state index >= 15 is 0 Å². The first-order valence-electron chi connectivity index (χ1n) is 11.5. The maximum absolute atomic E-state index is 6.24. The SMILES string of the molecule is COc1ccc(OC)c2c1CCn1c-2cc(OCc2ccccc2)c/c1=N\CC1CCCO1. The lowest BCUT2D eigenvalue weighted by molar-refractivity contribution is 0.117. The zero-order valence-electron chi connectivity index (χ0n) is 19.3. The lowest BCUT2D eigenvalue weighted by atomic mass is 9.95. The van der Waals surface area contributed by atoms with Gasteiger partial charge >= 0.3 is 0 Å². The molecule has 172 valence electrons. The first kappa shape index (κ1) is 21.6. The van der Waals surface area contributed by atoms with Gasteiger partial charge in [0.05, 0.1) is 32.6 Å². The molecule has 1 unspecified atom stereocenters. The predicted octanol–water partition coefficient (Wildman–Crippen LogP) is 4.39. The van der Waals surface area contributed by atoms with Gasteiger partial charge in [-0.05, 0) is 37.0 Å². The number of hydrogen-bond acceptors (Lipinski definition) is 5. The summed E-state index contributed by atoms with van der Waals surface area (Å²) in [5.74, 6) is 2.49. The first-order chi connectivity index (χ1) is 16.3. The maximum atomic E-state index is 6.24. The van der Waals surface area contributed by atoms with Gasteiger partial charge in [-0.2, -0.15) is 0 Å². The standard InChI is InChI=1S/C27H30N2O4/c1-30-24-10-11-25(31-2)27-22(24)12-13-29-23(27)15-21(33-18-19-7-4-3-5-8-19)16-26(29)28-17-20-9-6-14-32-20/h3-5,7-8,10-11,15-16,20H,6,9,12-14,17-18H2,1-2H3/b28-26+. The third-order valence-corrected chi connectivity index (χ3v) is 6.36. The molecule has 6 nitrogen and oxygen atoms in total. The average Bonchev–Trinajstić information content (AvgIpc) is 3.39. The smallest absolute Gasteiger partial charge is 0.131 e. The number of pyridine rings is 1. The van der Waals surface area contributed by atoms with Crippen LogP contribution in [0.4, 0.5) is 0 Å².